The van der Waals surface area contributed by atoms with Crippen LogP contribution in [0, 0.1) is 11.6 Å². The summed E-state index contributed by atoms with van der Waals surface area (Å²) in [5.41, 5.74) is 0.167. The summed E-state index contributed by atoms with van der Waals surface area (Å²) in [5.74, 6) is -1.40. The summed E-state index contributed by atoms with van der Waals surface area (Å²) in [4.78, 5) is 11.7. The summed E-state index contributed by atoms with van der Waals surface area (Å²) in [6, 6.07) is 3.09. The molecule has 0 heterocycles. The van der Waals surface area contributed by atoms with E-state index in [0.717, 1.165) is 17.0 Å². The SMILES string of the molecule is CCN(Cc1ccc(F)cc1F)C(=O)O. The molecule has 1 rings (SSSR count). The Morgan fingerprint density at radius 2 is 2.13 bits per heavy atom. The second-order valence-corrected chi connectivity index (χ2v) is 3.03. The van der Waals surface area contributed by atoms with Crippen molar-refractivity contribution in [3.63, 3.8) is 0 Å². The van der Waals surface area contributed by atoms with Gasteiger partial charge in [-0.15, -0.1) is 0 Å². The lowest BCUT2D eigenvalue weighted by Gasteiger charge is -2.17. The number of hydrogen-bond donors (Lipinski definition) is 1. The highest BCUT2D eigenvalue weighted by Crippen LogP contribution is 2.12. The first kappa shape index (κ1) is 11.4. The number of rotatable bonds is 3. The van der Waals surface area contributed by atoms with Gasteiger partial charge in [0, 0.05) is 18.2 Å². The molecule has 0 spiro atoms. The summed E-state index contributed by atoms with van der Waals surface area (Å²) in [5, 5.41) is 8.71. The summed E-state index contributed by atoms with van der Waals surface area (Å²) in [6.07, 6.45) is -1.12. The zero-order valence-corrected chi connectivity index (χ0v) is 8.20. The van der Waals surface area contributed by atoms with Gasteiger partial charge in [0.25, 0.3) is 0 Å². The molecule has 0 unspecified atom stereocenters. The van der Waals surface area contributed by atoms with E-state index in [1.807, 2.05) is 0 Å². The second kappa shape index (κ2) is 4.72. The van der Waals surface area contributed by atoms with Crippen molar-refractivity contribution in [2.45, 2.75) is 13.5 Å². The van der Waals surface area contributed by atoms with E-state index in [9.17, 15) is 13.6 Å². The lowest BCUT2D eigenvalue weighted by atomic mass is 10.2. The zero-order chi connectivity index (χ0) is 11.4. The van der Waals surface area contributed by atoms with E-state index in [1.165, 1.54) is 6.07 Å². The molecule has 0 aliphatic rings. The van der Waals surface area contributed by atoms with Crippen LogP contribution in [0.4, 0.5) is 13.6 Å². The van der Waals surface area contributed by atoms with E-state index >= 15 is 0 Å². The molecule has 1 N–H and O–H groups in total. The highest BCUT2D eigenvalue weighted by atomic mass is 19.1. The standard InChI is InChI=1S/C10H11F2NO2/c1-2-13(10(14)15)6-7-3-4-8(11)5-9(7)12/h3-5H,2,6H2,1H3,(H,14,15). The number of carboxylic acid groups (broad SMARTS) is 1. The van der Waals surface area contributed by atoms with Gasteiger partial charge in [0.1, 0.15) is 11.6 Å². The Morgan fingerprint density at radius 3 is 2.60 bits per heavy atom. The number of halogens is 2. The van der Waals surface area contributed by atoms with Crippen molar-refractivity contribution >= 4 is 6.09 Å². The molecule has 0 aliphatic carbocycles. The van der Waals surface area contributed by atoms with E-state index in [-0.39, 0.29) is 18.7 Å². The maximum atomic E-state index is 13.2. The van der Waals surface area contributed by atoms with Crippen molar-refractivity contribution in [3.8, 4) is 0 Å². The predicted octanol–water partition coefficient (Wildman–Crippen LogP) is 2.46. The second-order valence-electron chi connectivity index (χ2n) is 3.03. The molecule has 1 aromatic rings. The Balaban J connectivity index is 2.84. The minimum absolute atomic E-state index is 0.0715. The highest BCUT2D eigenvalue weighted by molar-refractivity contribution is 5.64. The molecule has 0 aliphatic heterocycles. The maximum absolute atomic E-state index is 13.2. The molecule has 1 amide bonds. The molecular weight excluding hydrogens is 204 g/mol. The van der Waals surface area contributed by atoms with Crippen LogP contribution in [-0.2, 0) is 6.54 Å². The predicted molar refractivity (Wildman–Crippen MR) is 50.5 cm³/mol. The van der Waals surface area contributed by atoms with Crippen LogP contribution in [-0.4, -0.2) is 22.6 Å². The number of amides is 1. The fourth-order valence-electron chi connectivity index (χ4n) is 1.17. The molecule has 0 fully saturated rings. The molecule has 5 heteroatoms. The van der Waals surface area contributed by atoms with Crippen LogP contribution < -0.4 is 0 Å². The number of benzene rings is 1. The average molecular weight is 215 g/mol. The normalized spacial score (nSPS) is 10.1. The Hall–Kier alpha value is -1.65. The van der Waals surface area contributed by atoms with Gasteiger partial charge >= 0.3 is 6.09 Å². The van der Waals surface area contributed by atoms with E-state index in [0.29, 0.717) is 0 Å². The topological polar surface area (TPSA) is 40.5 Å². The van der Waals surface area contributed by atoms with E-state index in [4.69, 9.17) is 5.11 Å². The molecule has 15 heavy (non-hydrogen) atoms. The molecule has 1 aromatic carbocycles. The molecule has 0 bridgehead atoms. The Bertz CT molecular complexity index is 368. The third kappa shape index (κ3) is 2.90. The Labute approximate surface area is 85.9 Å². The molecule has 3 nitrogen and oxygen atoms in total. The maximum Gasteiger partial charge on any atom is 0.407 e. The first-order valence-corrected chi connectivity index (χ1v) is 4.46. The quantitative estimate of drug-likeness (QED) is 0.841. The van der Waals surface area contributed by atoms with Crippen molar-refractivity contribution in [1.82, 2.24) is 4.90 Å². The van der Waals surface area contributed by atoms with E-state index in [1.54, 1.807) is 6.92 Å². The minimum Gasteiger partial charge on any atom is -0.465 e. The summed E-state index contributed by atoms with van der Waals surface area (Å²) in [6.45, 7) is 1.83. The number of nitrogens with zero attached hydrogens (tertiary/aromatic N) is 1. The summed E-state index contributed by atoms with van der Waals surface area (Å²) < 4.78 is 25.7. The fourth-order valence-corrected chi connectivity index (χ4v) is 1.17. The lowest BCUT2D eigenvalue weighted by Crippen LogP contribution is -2.28. The molecule has 0 atom stereocenters. The fraction of sp³-hybridized carbons (Fsp3) is 0.300. The van der Waals surface area contributed by atoms with Gasteiger partial charge in [0.05, 0.1) is 6.54 Å². The highest BCUT2D eigenvalue weighted by Gasteiger charge is 2.12. The molecule has 0 aromatic heterocycles. The van der Waals surface area contributed by atoms with Crippen LogP contribution in [0.15, 0.2) is 18.2 Å². The smallest absolute Gasteiger partial charge is 0.407 e. The van der Waals surface area contributed by atoms with Crippen molar-refractivity contribution in [2.75, 3.05) is 6.54 Å². The van der Waals surface area contributed by atoms with Crippen LogP contribution in [0.1, 0.15) is 12.5 Å². The van der Waals surface area contributed by atoms with Gasteiger partial charge in [-0.25, -0.2) is 13.6 Å². The van der Waals surface area contributed by atoms with Gasteiger partial charge in [0.15, 0.2) is 0 Å². The summed E-state index contributed by atoms with van der Waals surface area (Å²) in [7, 11) is 0. The minimum atomic E-state index is -1.12. The van der Waals surface area contributed by atoms with E-state index < -0.39 is 17.7 Å². The van der Waals surface area contributed by atoms with Gasteiger partial charge < -0.3 is 10.0 Å². The van der Waals surface area contributed by atoms with Gasteiger partial charge in [-0.05, 0) is 13.0 Å². The van der Waals surface area contributed by atoms with Crippen molar-refractivity contribution in [2.24, 2.45) is 0 Å². The van der Waals surface area contributed by atoms with Crippen molar-refractivity contribution in [1.29, 1.82) is 0 Å². The van der Waals surface area contributed by atoms with Crippen LogP contribution in [0.5, 0.6) is 0 Å². The van der Waals surface area contributed by atoms with Crippen molar-refractivity contribution < 1.29 is 18.7 Å². The molecule has 0 saturated heterocycles. The first-order valence-electron chi connectivity index (χ1n) is 4.46. The van der Waals surface area contributed by atoms with E-state index in [2.05, 4.69) is 0 Å². The Morgan fingerprint density at radius 1 is 1.47 bits per heavy atom. The van der Waals surface area contributed by atoms with Crippen LogP contribution in [0.25, 0.3) is 0 Å². The Kier molecular flexibility index (Phi) is 3.60. The molecule has 0 saturated carbocycles. The van der Waals surface area contributed by atoms with Gasteiger partial charge in [-0.1, -0.05) is 6.07 Å². The number of carbonyl (C=O) groups is 1. The third-order valence-electron chi connectivity index (χ3n) is 2.03. The van der Waals surface area contributed by atoms with Gasteiger partial charge in [-0.3, -0.25) is 0 Å². The largest absolute Gasteiger partial charge is 0.465 e. The molecular formula is C10H11F2NO2. The van der Waals surface area contributed by atoms with Crippen LogP contribution in [0.2, 0.25) is 0 Å². The monoisotopic (exact) mass is 215 g/mol. The van der Waals surface area contributed by atoms with Gasteiger partial charge in [0.2, 0.25) is 0 Å². The number of hydrogen-bond acceptors (Lipinski definition) is 1. The third-order valence-corrected chi connectivity index (χ3v) is 2.03. The molecule has 82 valence electrons. The molecule has 0 radical (unpaired) electrons. The zero-order valence-electron chi connectivity index (χ0n) is 8.20. The average Bonchev–Trinajstić information content (AvgIpc) is 2.16. The first-order chi connectivity index (χ1) is 7.04. The van der Waals surface area contributed by atoms with Crippen LogP contribution >= 0.6 is 0 Å². The summed E-state index contributed by atoms with van der Waals surface area (Å²) >= 11 is 0. The van der Waals surface area contributed by atoms with Crippen LogP contribution in [0.3, 0.4) is 0 Å². The van der Waals surface area contributed by atoms with Gasteiger partial charge in [-0.2, -0.15) is 0 Å². The van der Waals surface area contributed by atoms with Crippen molar-refractivity contribution in [3.05, 3.63) is 35.4 Å². The lowest BCUT2D eigenvalue weighted by molar-refractivity contribution is 0.144.